The molecule has 0 aliphatic rings. The molecular weight excluding hydrogens is 249 g/mol. The van der Waals surface area contributed by atoms with Gasteiger partial charge in [-0.25, -0.2) is 0 Å². The maximum Gasteiger partial charge on any atom is 0.433 e. The largest absolute Gasteiger partial charge is 0.433 e. The summed E-state index contributed by atoms with van der Waals surface area (Å²) in [4.78, 5) is 1.46. The Hall–Kier alpha value is -0.390. The van der Waals surface area contributed by atoms with E-state index in [-0.39, 0.29) is 4.61 Å². The van der Waals surface area contributed by atoms with Gasteiger partial charge in [0.1, 0.15) is 10.3 Å². The third-order valence-corrected chi connectivity index (χ3v) is 2.55. The Bertz CT molecular complexity index is 200. The summed E-state index contributed by atoms with van der Waals surface area (Å²) in [6, 6.07) is 0. The summed E-state index contributed by atoms with van der Waals surface area (Å²) in [5, 5.41) is 2.12. The highest BCUT2D eigenvalue weighted by molar-refractivity contribution is 9.11. The summed E-state index contributed by atoms with van der Waals surface area (Å²) in [6.07, 6.45) is -4.35. The molecule has 0 aliphatic heterocycles. The minimum atomic E-state index is -4.35. The van der Waals surface area contributed by atoms with E-state index in [9.17, 15) is 13.2 Å². The van der Waals surface area contributed by atoms with Crippen molar-refractivity contribution >= 4 is 15.9 Å². The zero-order chi connectivity index (χ0) is 10.6. The summed E-state index contributed by atoms with van der Waals surface area (Å²) in [7, 11) is 2.82. The van der Waals surface area contributed by atoms with Crippen LogP contribution in [0.3, 0.4) is 0 Å². The molecule has 78 valence electrons. The van der Waals surface area contributed by atoms with Gasteiger partial charge in [0.15, 0.2) is 0 Å². The molecule has 0 fully saturated rings. The van der Waals surface area contributed by atoms with Crippen molar-refractivity contribution < 1.29 is 13.2 Å². The molecule has 1 N–H and O–H groups in total. The first-order valence-electron chi connectivity index (χ1n) is 3.70. The minimum absolute atomic E-state index is 0.0185. The van der Waals surface area contributed by atoms with E-state index in [0.29, 0.717) is 6.54 Å². The summed E-state index contributed by atoms with van der Waals surface area (Å²) >= 11 is 2.89. The topological polar surface area (TPSA) is 15.3 Å². The van der Waals surface area contributed by atoms with Crippen LogP contribution in [0, 0.1) is 0 Å². The molecule has 13 heavy (non-hydrogen) atoms. The Morgan fingerprint density at radius 2 is 1.92 bits per heavy atom. The Kier molecular flexibility index (Phi) is 4.60. The molecule has 0 aromatic carbocycles. The second-order valence-electron chi connectivity index (χ2n) is 2.43. The highest BCUT2D eigenvalue weighted by Crippen LogP contribution is 2.29. The van der Waals surface area contributed by atoms with Crippen molar-refractivity contribution in [2.24, 2.45) is 0 Å². The van der Waals surface area contributed by atoms with Crippen molar-refractivity contribution in [3.63, 3.8) is 0 Å². The van der Waals surface area contributed by atoms with Crippen LogP contribution in [0.4, 0.5) is 13.2 Å². The van der Waals surface area contributed by atoms with Crippen molar-refractivity contribution in [2.75, 3.05) is 20.6 Å². The molecule has 0 heterocycles. The van der Waals surface area contributed by atoms with Gasteiger partial charge >= 0.3 is 6.18 Å². The Labute approximate surface area is 83.9 Å². The second-order valence-corrected chi connectivity index (χ2v) is 3.18. The van der Waals surface area contributed by atoms with Gasteiger partial charge in [0.25, 0.3) is 0 Å². The van der Waals surface area contributed by atoms with Crippen molar-refractivity contribution in [1.82, 2.24) is 10.2 Å². The fourth-order valence-corrected chi connectivity index (χ4v) is 1.37. The molecule has 0 rings (SSSR count). The van der Waals surface area contributed by atoms with Crippen LogP contribution < -0.4 is 5.32 Å². The van der Waals surface area contributed by atoms with Crippen LogP contribution in [0.15, 0.2) is 10.3 Å². The fraction of sp³-hybridized carbons (Fsp3) is 0.714. The fourth-order valence-electron chi connectivity index (χ4n) is 0.692. The standard InChI is InChI=1S/C7H12BrF3N2/c1-4-13(3)6(8)5(12-2)7(9,10)11/h12H,4H2,1-3H3/b6-5-. The van der Waals surface area contributed by atoms with E-state index < -0.39 is 11.9 Å². The number of allylic oxidation sites excluding steroid dienone is 1. The second kappa shape index (κ2) is 4.74. The third kappa shape index (κ3) is 3.46. The van der Waals surface area contributed by atoms with Crippen LogP contribution in [-0.2, 0) is 0 Å². The predicted molar refractivity (Wildman–Crippen MR) is 49.4 cm³/mol. The molecule has 0 atom stereocenters. The number of nitrogens with one attached hydrogen (secondary N) is 1. The molecule has 6 heteroatoms. The molecular formula is C7H12BrF3N2. The number of rotatable bonds is 3. The lowest BCUT2D eigenvalue weighted by Gasteiger charge is -2.21. The van der Waals surface area contributed by atoms with Crippen LogP contribution in [-0.4, -0.2) is 31.7 Å². The number of halogens is 4. The van der Waals surface area contributed by atoms with Crippen LogP contribution in [0.1, 0.15) is 6.92 Å². The lowest BCUT2D eigenvalue weighted by atomic mass is 10.4. The van der Waals surface area contributed by atoms with Crippen LogP contribution in [0.5, 0.6) is 0 Å². The first-order valence-corrected chi connectivity index (χ1v) is 4.49. The van der Waals surface area contributed by atoms with Crippen LogP contribution in [0.25, 0.3) is 0 Å². The SMILES string of the molecule is CCN(C)/C(Br)=C(\NC)C(F)(F)F. The maximum absolute atomic E-state index is 12.3. The Morgan fingerprint density at radius 1 is 1.46 bits per heavy atom. The smallest absolute Gasteiger partial charge is 0.382 e. The lowest BCUT2D eigenvalue weighted by molar-refractivity contribution is -0.0973. The van der Waals surface area contributed by atoms with Gasteiger partial charge in [-0.15, -0.1) is 0 Å². The van der Waals surface area contributed by atoms with Gasteiger partial charge in [0, 0.05) is 20.6 Å². The molecule has 0 amide bonds. The van der Waals surface area contributed by atoms with E-state index >= 15 is 0 Å². The summed E-state index contributed by atoms with van der Waals surface area (Å²) in [5.41, 5.74) is -0.767. The zero-order valence-corrected chi connectivity index (χ0v) is 9.25. The molecule has 0 saturated carbocycles. The molecule has 0 spiro atoms. The molecule has 0 saturated heterocycles. The molecule has 0 aromatic rings. The molecule has 0 bridgehead atoms. The van der Waals surface area contributed by atoms with Crippen molar-refractivity contribution in [1.29, 1.82) is 0 Å². The quantitative estimate of drug-likeness (QED) is 0.784. The van der Waals surface area contributed by atoms with Gasteiger partial charge in [0.2, 0.25) is 0 Å². The number of nitrogens with zero attached hydrogens (tertiary/aromatic N) is 1. The number of hydrogen-bond donors (Lipinski definition) is 1. The van der Waals surface area contributed by atoms with Gasteiger partial charge in [-0.3, -0.25) is 0 Å². The van der Waals surface area contributed by atoms with Gasteiger partial charge in [-0.1, -0.05) is 0 Å². The monoisotopic (exact) mass is 260 g/mol. The van der Waals surface area contributed by atoms with Gasteiger partial charge in [-0.2, -0.15) is 13.2 Å². The van der Waals surface area contributed by atoms with E-state index in [1.807, 2.05) is 0 Å². The normalized spacial score (nSPS) is 13.8. The third-order valence-electron chi connectivity index (χ3n) is 1.55. The minimum Gasteiger partial charge on any atom is -0.382 e. The van der Waals surface area contributed by atoms with E-state index in [2.05, 4.69) is 21.2 Å². The first-order chi connectivity index (χ1) is 5.84. The highest BCUT2D eigenvalue weighted by Gasteiger charge is 2.36. The summed E-state index contributed by atoms with van der Waals surface area (Å²) < 4.78 is 36.9. The maximum atomic E-state index is 12.3. The zero-order valence-electron chi connectivity index (χ0n) is 7.67. The molecule has 0 unspecified atom stereocenters. The Balaban J connectivity index is 4.90. The molecule has 0 aliphatic carbocycles. The summed E-state index contributed by atoms with van der Waals surface area (Å²) in [5.74, 6) is 0. The van der Waals surface area contributed by atoms with Crippen LogP contribution in [0.2, 0.25) is 0 Å². The van der Waals surface area contributed by atoms with Gasteiger partial charge < -0.3 is 10.2 Å². The van der Waals surface area contributed by atoms with Crippen molar-refractivity contribution in [3.8, 4) is 0 Å². The molecule has 2 nitrogen and oxygen atoms in total. The average molecular weight is 261 g/mol. The lowest BCUT2D eigenvalue weighted by Crippen LogP contribution is -2.29. The molecule has 0 radical (unpaired) electrons. The Morgan fingerprint density at radius 3 is 2.15 bits per heavy atom. The first kappa shape index (κ1) is 12.6. The number of alkyl halides is 3. The van der Waals surface area contributed by atoms with Crippen molar-refractivity contribution in [3.05, 3.63) is 10.3 Å². The predicted octanol–water partition coefficient (Wildman–Crippen LogP) is 2.28. The van der Waals surface area contributed by atoms with Gasteiger partial charge in [0.05, 0.1) is 0 Å². The number of hydrogen-bond acceptors (Lipinski definition) is 2. The van der Waals surface area contributed by atoms with Crippen molar-refractivity contribution in [2.45, 2.75) is 13.1 Å². The van der Waals surface area contributed by atoms with E-state index in [0.717, 1.165) is 0 Å². The highest BCUT2D eigenvalue weighted by atomic mass is 79.9. The van der Waals surface area contributed by atoms with E-state index in [4.69, 9.17) is 0 Å². The van der Waals surface area contributed by atoms with E-state index in [1.54, 1.807) is 14.0 Å². The van der Waals surface area contributed by atoms with E-state index in [1.165, 1.54) is 11.9 Å². The summed E-state index contributed by atoms with van der Waals surface area (Å²) in [6.45, 7) is 2.27. The molecule has 0 aromatic heterocycles. The average Bonchev–Trinajstić information content (AvgIpc) is 2.01. The van der Waals surface area contributed by atoms with Gasteiger partial charge in [-0.05, 0) is 22.9 Å². The van der Waals surface area contributed by atoms with Crippen LogP contribution >= 0.6 is 15.9 Å².